The van der Waals surface area contributed by atoms with Crippen LogP contribution in [0.2, 0.25) is 0 Å². The van der Waals surface area contributed by atoms with Crippen molar-refractivity contribution in [2.75, 3.05) is 5.32 Å². The molecule has 0 saturated heterocycles. The first-order valence-electron chi connectivity index (χ1n) is 6.55. The molecule has 0 radical (unpaired) electrons. The number of ether oxygens (including phenoxy) is 1. The lowest BCUT2D eigenvalue weighted by Crippen LogP contribution is -2.13. The van der Waals surface area contributed by atoms with E-state index in [2.05, 4.69) is 5.32 Å². The van der Waals surface area contributed by atoms with Crippen LogP contribution in [0.5, 0.6) is 11.5 Å². The van der Waals surface area contributed by atoms with Crippen LogP contribution in [0.4, 0.5) is 5.69 Å². The molecule has 2 aromatic carbocycles. The Morgan fingerprint density at radius 1 is 1.14 bits per heavy atom. The summed E-state index contributed by atoms with van der Waals surface area (Å²) in [4.78, 5) is 12.0. The smallest absolute Gasteiger partial charge is 0.254 e. The topological polar surface area (TPSA) is 58.6 Å². The molecule has 0 spiro atoms. The van der Waals surface area contributed by atoms with Crippen molar-refractivity contribution in [1.29, 1.82) is 0 Å². The molecule has 0 heterocycles. The summed E-state index contributed by atoms with van der Waals surface area (Å²) in [6.45, 7) is 3.63. The molecule has 0 aliphatic carbocycles. The number of hydrogen-bond acceptors (Lipinski definition) is 3. The maximum Gasteiger partial charge on any atom is 0.254 e. The number of anilines is 1. The molecule has 0 unspecified atom stereocenters. The fraction of sp³-hybridized carbons (Fsp3) is 0.118. The van der Waals surface area contributed by atoms with Gasteiger partial charge in [0.05, 0.1) is 6.26 Å². The van der Waals surface area contributed by atoms with E-state index in [-0.39, 0.29) is 11.7 Å². The normalized spacial score (nSPS) is 11.0. The van der Waals surface area contributed by atoms with E-state index >= 15 is 0 Å². The predicted octanol–water partition coefficient (Wildman–Crippen LogP) is 3.62. The van der Waals surface area contributed by atoms with Gasteiger partial charge in [-0.05, 0) is 38.1 Å². The maximum absolute atomic E-state index is 12.0. The number of nitrogens with one attached hydrogen (secondary N) is 1. The number of rotatable bonds is 4. The minimum atomic E-state index is -0.255. The SMILES string of the molecule is C/C(=C\Oc1ccccc1O)C(=O)Nc1ccc(C)cc1. The van der Waals surface area contributed by atoms with Gasteiger partial charge >= 0.3 is 0 Å². The second-order valence-corrected chi connectivity index (χ2v) is 4.71. The zero-order chi connectivity index (χ0) is 15.2. The number of phenols is 1. The Kier molecular flexibility index (Phi) is 4.61. The van der Waals surface area contributed by atoms with Crippen LogP contribution < -0.4 is 10.1 Å². The Labute approximate surface area is 123 Å². The van der Waals surface area contributed by atoms with Crippen LogP contribution >= 0.6 is 0 Å². The first-order chi connectivity index (χ1) is 10.1. The minimum absolute atomic E-state index is 0.0282. The lowest BCUT2D eigenvalue weighted by Gasteiger charge is -2.07. The summed E-state index contributed by atoms with van der Waals surface area (Å²) < 4.78 is 5.30. The molecule has 2 rings (SSSR count). The van der Waals surface area contributed by atoms with Gasteiger partial charge in [-0.1, -0.05) is 29.8 Å². The summed E-state index contributed by atoms with van der Waals surface area (Å²) in [5, 5.41) is 12.3. The van der Waals surface area contributed by atoms with Crippen molar-refractivity contribution < 1.29 is 14.6 Å². The molecule has 0 fully saturated rings. The van der Waals surface area contributed by atoms with Crippen molar-refractivity contribution in [3.05, 3.63) is 65.9 Å². The minimum Gasteiger partial charge on any atom is -0.504 e. The Bertz CT molecular complexity index is 660. The Morgan fingerprint density at radius 3 is 2.48 bits per heavy atom. The van der Waals surface area contributed by atoms with Crippen molar-refractivity contribution >= 4 is 11.6 Å². The van der Waals surface area contributed by atoms with E-state index < -0.39 is 0 Å². The highest BCUT2D eigenvalue weighted by Crippen LogP contribution is 2.24. The van der Waals surface area contributed by atoms with Crippen LogP contribution in [0.1, 0.15) is 12.5 Å². The van der Waals surface area contributed by atoms with Gasteiger partial charge in [-0.25, -0.2) is 0 Å². The van der Waals surface area contributed by atoms with Crippen LogP contribution in [0, 0.1) is 6.92 Å². The molecule has 0 aliphatic heterocycles. The first-order valence-corrected chi connectivity index (χ1v) is 6.55. The number of carbonyl (C=O) groups excluding carboxylic acids is 1. The number of benzene rings is 2. The van der Waals surface area contributed by atoms with Crippen molar-refractivity contribution in [2.45, 2.75) is 13.8 Å². The van der Waals surface area contributed by atoms with E-state index in [4.69, 9.17) is 4.74 Å². The third-order valence-electron chi connectivity index (χ3n) is 2.90. The number of amides is 1. The number of hydrogen-bond donors (Lipinski definition) is 2. The number of carbonyl (C=O) groups is 1. The summed E-state index contributed by atoms with van der Waals surface area (Å²) in [7, 11) is 0. The molecule has 0 aromatic heterocycles. The third-order valence-corrected chi connectivity index (χ3v) is 2.90. The summed E-state index contributed by atoms with van der Waals surface area (Å²) in [6.07, 6.45) is 1.32. The van der Waals surface area contributed by atoms with E-state index in [1.165, 1.54) is 12.3 Å². The fourth-order valence-electron chi connectivity index (χ4n) is 1.63. The average molecular weight is 283 g/mol. The van der Waals surface area contributed by atoms with Gasteiger partial charge in [0, 0.05) is 11.3 Å². The van der Waals surface area contributed by atoms with Gasteiger partial charge in [0.1, 0.15) is 0 Å². The summed E-state index contributed by atoms with van der Waals surface area (Å²) in [6, 6.07) is 14.1. The molecule has 0 atom stereocenters. The van der Waals surface area contributed by atoms with Crippen LogP contribution in [0.3, 0.4) is 0 Å². The van der Waals surface area contributed by atoms with Gasteiger partial charge < -0.3 is 15.2 Å². The van der Waals surface area contributed by atoms with Crippen LogP contribution in [-0.2, 0) is 4.79 Å². The first kappa shape index (κ1) is 14.7. The molecule has 4 nitrogen and oxygen atoms in total. The molecule has 108 valence electrons. The number of aromatic hydroxyl groups is 1. The van der Waals surface area contributed by atoms with Crippen LogP contribution in [-0.4, -0.2) is 11.0 Å². The van der Waals surface area contributed by atoms with Gasteiger partial charge in [-0.15, -0.1) is 0 Å². The van der Waals surface area contributed by atoms with E-state index in [0.29, 0.717) is 11.3 Å². The summed E-state index contributed by atoms with van der Waals surface area (Å²) >= 11 is 0. The highest BCUT2D eigenvalue weighted by molar-refractivity contribution is 6.03. The molecule has 2 aromatic rings. The van der Waals surface area contributed by atoms with Gasteiger partial charge in [-0.2, -0.15) is 0 Å². The monoisotopic (exact) mass is 283 g/mol. The highest BCUT2D eigenvalue weighted by Gasteiger charge is 2.06. The predicted molar refractivity (Wildman–Crippen MR) is 82.3 cm³/mol. The van der Waals surface area contributed by atoms with Crippen molar-refractivity contribution in [2.24, 2.45) is 0 Å². The standard InChI is InChI=1S/C17H17NO3/c1-12-7-9-14(10-8-12)18-17(20)13(2)11-21-16-6-4-3-5-15(16)19/h3-11,19H,1-2H3,(H,18,20)/b13-11+. The molecule has 0 bridgehead atoms. The number of phenolic OH excluding ortho intramolecular Hbond substituents is 1. The zero-order valence-electron chi connectivity index (χ0n) is 12.0. The average Bonchev–Trinajstić information content (AvgIpc) is 2.48. The van der Waals surface area contributed by atoms with E-state index in [1.54, 1.807) is 25.1 Å². The molecule has 0 saturated carbocycles. The lowest BCUT2D eigenvalue weighted by molar-refractivity contribution is -0.112. The summed E-state index contributed by atoms with van der Waals surface area (Å²) in [5.41, 5.74) is 2.25. The van der Waals surface area contributed by atoms with E-state index in [9.17, 15) is 9.90 Å². The number of aryl methyl sites for hydroxylation is 1. The second-order valence-electron chi connectivity index (χ2n) is 4.71. The molecule has 21 heavy (non-hydrogen) atoms. The van der Waals surface area contributed by atoms with Crippen molar-refractivity contribution in [1.82, 2.24) is 0 Å². The second kappa shape index (κ2) is 6.61. The molecular weight excluding hydrogens is 266 g/mol. The maximum atomic E-state index is 12.0. The quantitative estimate of drug-likeness (QED) is 0.665. The van der Waals surface area contributed by atoms with Crippen LogP contribution in [0.25, 0.3) is 0 Å². The van der Waals surface area contributed by atoms with Gasteiger partial charge in [-0.3, -0.25) is 4.79 Å². The molecular formula is C17H17NO3. The van der Waals surface area contributed by atoms with Gasteiger partial charge in [0.15, 0.2) is 11.5 Å². The molecule has 4 heteroatoms. The Hall–Kier alpha value is -2.75. The van der Waals surface area contributed by atoms with E-state index in [0.717, 1.165) is 11.3 Å². The highest BCUT2D eigenvalue weighted by atomic mass is 16.5. The molecule has 0 aliphatic rings. The lowest BCUT2D eigenvalue weighted by atomic mass is 10.2. The van der Waals surface area contributed by atoms with Crippen molar-refractivity contribution in [3.8, 4) is 11.5 Å². The third kappa shape index (κ3) is 4.11. The zero-order valence-corrected chi connectivity index (χ0v) is 12.0. The molecule has 2 N–H and O–H groups in total. The van der Waals surface area contributed by atoms with Gasteiger partial charge in [0.25, 0.3) is 5.91 Å². The fourth-order valence-corrected chi connectivity index (χ4v) is 1.63. The van der Waals surface area contributed by atoms with Crippen molar-refractivity contribution in [3.63, 3.8) is 0 Å². The Balaban J connectivity index is 2.00. The van der Waals surface area contributed by atoms with Gasteiger partial charge in [0.2, 0.25) is 0 Å². The molecule has 1 amide bonds. The number of para-hydroxylation sites is 2. The summed E-state index contributed by atoms with van der Waals surface area (Å²) in [5.74, 6) is 0.0785. The Morgan fingerprint density at radius 2 is 1.81 bits per heavy atom. The van der Waals surface area contributed by atoms with Crippen LogP contribution in [0.15, 0.2) is 60.4 Å². The van der Waals surface area contributed by atoms with E-state index in [1.807, 2.05) is 31.2 Å². The largest absolute Gasteiger partial charge is 0.504 e.